The van der Waals surface area contributed by atoms with Gasteiger partial charge < -0.3 is 5.73 Å². The van der Waals surface area contributed by atoms with Crippen LogP contribution in [-0.4, -0.2) is 0 Å². The minimum Gasteiger partial charge on any atom is -0.324 e. The van der Waals surface area contributed by atoms with Crippen LogP contribution in [-0.2, 0) is 6.42 Å². The first-order valence-corrected chi connectivity index (χ1v) is 3.21. The largest absolute Gasteiger partial charge is 0.324 e. The summed E-state index contributed by atoms with van der Waals surface area (Å²) in [4.78, 5) is 0. The number of hydrogen-bond donors (Lipinski definition) is 1. The number of fused-ring (bicyclic) bond motifs is 1. The second-order valence-corrected chi connectivity index (χ2v) is 2.51. The Morgan fingerprint density at radius 1 is 1.30 bits per heavy atom. The van der Waals surface area contributed by atoms with E-state index in [1.54, 1.807) is 0 Å². The molecule has 1 aliphatic carbocycles. The first-order valence-electron chi connectivity index (χ1n) is 3.21. The fraction of sp³-hybridized carbons (Fsp3) is 0.250. The van der Waals surface area contributed by atoms with Crippen LogP contribution in [0.2, 0.25) is 0 Å². The van der Waals surface area contributed by atoms with Crippen molar-refractivity contribution in [3.05, 3.63) is 35.4 Å². The maximum absolute atomic E-state index is 5.69. The lowest BCUT2D eigenvalue weighted by Crippen LogP contribution is -2.24. The molecular weight excluding hydrogens is 146 g/mol. The van der Waals surface area contributed by atoms with E-state index in [1.807, 2.05) is 6.07 Å². The Morgan fingerprint density at radius 2 is 2.00 bits per heavy atom. The summed E-state index contributed by atoms with van der Waals surface area (Å²) in [5, 5.41) is 0. The molecule has 2 N–H and O–H groups in total. The monoisotopic (exact) mass is 155 g/mol. The van der Waals surface area contributed by atoms with Crippen LogP contribution in [0.15, 0.2) is 24.3 Å². The zero-order valence-corrected chi connectivity index (χ0v) is 6.40. The van der Waals surface area contributed by atoms with E-state index in [0.29, 0.717) is 6.04 Å². The minimum atomic E-state index is 0. The van der Waals surface area contributed by atoms with Crippen molar-refractivity contribution in [2.75, 3.05) is 0 Å². The van der Waals surface area contributed by atoms with Crippen molar-refractivity contribution in [3.8, 4) is 0 Å². The van der Waals surface area contributed by atoms with Gasteiger partial charge in [0.2, 0.25) is 0 Å². The van der Waals surface area contributed by atoms with Gasteiger partial charge in [-0.3, -0.25) is 0 Å². The number of halogens is 1. The molecule has 10 heavy (non-hydrogen) atoms. The molecule has 2 rings (SSSR count). The Kier molecular flexibility index (Phi) is 1.97. The van der Waals surface area contributed by atoms with Gasteiger partial charge in [0.25, 0.3) is 0 Å². The highest BCUT2D eigenvalue weighted by Gasteiger charge is 2.20. The average molecular weight is 156 g/mol. The Hall–Kier alpha value is -0.530. The predicted molar refractivity (Wildman–Crippen MR) is 44.3 cm³/mol. The summed E-state index contributed by atoms with van der Waals surface area (Å²) in [7, 11) is 0. The van der Waals surface area contributed by atoms with Crippen molar-refractivity contribution in [3.63, 3.8) is 0 Å². The van der Waals surface area contributed by atoms with Crippen molar-refractivity contribution in [1.82, 2.24) is 0 Å². The molecule has 0 spiro atoms. The standard InChI is InChI=1S/C8H9N.ClH/c9-8-5-6-3-1-2-4-7(6)8;/h1-4,8H,5,9H2;1H/t8-;/m1./s1. The van der Waals surface area contributed by atoms with Gasteiger partial charge in [0.1, 0.15) is 0 Å². The normalized spacial score (nSPS) is 20.3. The molecule has 1 atom stereocenters. The average Bonchev–Trinajstić information content (AvgIpc) is 1.86. The van der Waals surface area contributed by atoms with Crippen molar-refractivity contribution in [2.45, 2.75) is 12.5 Å². The smallest absolute Gasteiger partial charge is 0.0338 e. The molecule has 0 unspecified atom stereocenters. The highest BCUT2D eigenvalue weighted by Crippen LogP contribution is 2.29. The molecule has 1 nitrogen and oxygen atoms in total. The minimum absolute atomic E-state index is 0. The summed E-state index contributed by atoms with van der Waals surface area (Å²) in [6.45, 7) is 0. The van der Waals surface area contributed by atoms with E-state index >= 15 is 0 Å². The highest BCUT2D eigenvalue weighted by molar-refractivity contribution is 5.85. The Labute approximate surface area is 66.6 Å². The summed E-state index contributed by atoms with van der Waals surface area (Å²) < 4.78 is 0. The van der Waals surface area contributed by atoms with Gasteiger partial charge in [0, 0.05) is 6.04 Å². The maximum Gasteiger partial charge on any atom is 0.0338 e. The van der Waals surface area contributed by atoms with E-state index in [9.17, 15) is 0 Å². The molecule has 1 aliphatic rings. The van der Waals surface area contributed by atoms with E-state index in [0.717, 1.165) is 6.42 Å². The first-order chi connectivity index (χ1) is 4.38. The van der Waals surface area contributed by atoms with Crippen molar-refractivity contribution < 1.29 is 0 Å². The number of hydrogen-bond acceptors (Lipinski definition) is 1. The van der Waals surface area contributed by atoms with Gasteiger partial charge in [-0.2, -0.15) is 0 Å². The summed E-state index contributed by atoms with van der Waals surface area (Å²) in [5.74, 6) is 0. The predicted octanol–water partition coefficient (Wildman–Crippen LogP) is 1.66. The van der Waals surface area contributed by atoms with Crippen molar-refractivity contribution in [2.24, 2.45) is 5.73 Å². The molecule has 0 saturated heterocycles. The molecule has 54 valence electrons. The van der Waals surface area contributed by atoms with Gasteiger partial charge in [-0.05, 0) is 17.5 Å². The molecule has 0 bridgehead atoms. The Balaban J connectivity index is 0.000000500. The van der Waals surface area contributed by atoms with Gasteiger partial charge in [0.05, 0.1) is 0 Å². The van der Waals surface area contributed by atoms with Gasteiger partial charge in [-0.25, -0.2) is 0 Å². The SMILES string of the molecule is Cl.N[C@@H]1Cc2ccccc21. The zero-order valence-electron chi connectivity index (χ0n) is 5.58. The fourth-order valence-electron chi connectivity index (χ4n) is 1.30. The summed E-state index contributed by atoms with van der Waals surface area (Å²) in [6.07, 6.45) is 1.07. The molecule has 1 aromatic rings. The Bertz CT molecular complexity index is 234. The third-order valence-corrected chi connectivity index (χ3v) is 1.89. The number of benzene rings is 1. The van der Waals surface area contributed by atoms with Crippen LogP contribution in [0.25, 0.3) is 0 Å². The Morgan fingerprint density at radius 3 is 2.50 bits per heavy atom. The van der Waals surface area contributed by atoms with Gasteiger partial charge in [-0.15, -0.1) is 12.4 Å². The molecule has 0 aliphatic heterocycles. The van der Waals surface area contributed by atoms with Gasteiger partial charge >= 0.3 is 0 Å². The summed E-state index contributed by atoms with van der Waals surface area (Å²) in [6, 6.07) is 8.66. The van der Waals surface area contributed by atoms with Crippen LogP contribution < -0.4 is 5.73 Å². The van der Waals surface area contributed by atoms with Crippen LogP contribution in [0.4, 0.5) is 0 Å². The van der Waals surface area contributed by atoms with E-state index in [1.165, 1.54) is 11.1 Å². The fourth-order valence-corrected chi connectivity index (χ4v) is 1.30. The second kappa shape index (κ2) is 2.60. The lowest BCUT2D eigenvalue weighted by Gasteiger charge is -2.25. The van der Waals surface area contributed by atoms with Crippen molar-refractivity contribution in [1.29, 1.82) is 0 Å². The first kappa shape index (κ1) is 7.58. The molecule has 0 radical (unpaired) electrons. The van der Waals surface area contributed by atoms with Crippen LogP contribution in [0.1, 0.15) is 17.2 Å². The third kappa shape index (κ3) is 0.917. The molecule has 0 saturated carbocycles. The topological polar surface area (TPSA) is 26.0 Å². The molecule has 0 heterocycles. The molecule has 1 aromatic carbocycles. The number of rotatable bonds is 0. The maximum atomic E-state index is 5.69. The van der Waals surface area contributed by atoms with E-state index < -0.39 is 0 Å². The highest BCUT2D eigenvalue weighted by atomic mass is 35.5. The summed E-state index contributed by atoms with van der Waals surface area (Å²) in [5.41, 5.74) is 8.44. The van der Waals surface area contributed by atoms with E-state index in [2.05, 4.69) is 18.2 Å². The molecular formula is C8H10ClN. The lowest BCUT2D eigenvalue weighted by molar-refractivity contribution is 0.636. The summed E-state index contributed by atoms with van der Waals surface area (Å²) >= 11 is 0. The quantitative estimate of drug-likeness (QED) is 0.606. The van der Waals surface area contributed by atoms with Gasteiger partial charge in [0.15, 0.2) is 0 Å². The lowest BCUT2D eigenvalue weighted by atomic mass is 9.84. The number of nitrogens with two attached hydrogens (primary N) is 1. The molecule has 0 aromatic heterocycles. The van der Waals surface area contributed by atoms with Crippen LogP contribution in [0.3, 0.4) is 0 Å². The van der Waals surface area contributed by atoms with E-state index in [-0.39, 0.29) is 12.4 Å². The van der Waals surface area contributed by atoms with Crippen molar-refractivity contribution >= 4 is 12.4 Å². The zero-order chi connectivity index (χ0) is 6.27. The molecule has 0 amide bonds. The van der Waals surface area contributed by atoms with Crippen LogP contribution in [0.5, 0.6) is 0 Å². The van der Waals surface area contributed by atoms with Crippen LogP contribution in [0, 0.1) is 0 Å². The molecule has 0 fully saturated rings. The van der Waals surface area contributed by atoms with Gasteiger partial charge in [-0.1, -0.05) is 24.3 Å². The van der Waals surface area contributed by atoms with E-state index in [4.69, 9.17) is 5.73 Å². The third-order valence-electron chi connectivity index (χ3n) is 1.89. The second-order valence-electron chi connectivity index (χ2n) is 2.51. The molecule has 2 heteroatoms. The van der Waals surface area contributed by atoms with Crippen LogP contribution >= 0.6 is 12.4 Å².